The van der Waals surface area contributed by atoms with Crippen LogP contribution in [-0.4, -0.2) is 32.2 Å². The first-order valence-corrected chi connectivity index (χ1v) is 12.7. The number of hydrogen-bond acceptors (Lipinski definition) is 6. The number of rotatable bonds is 8. The molecule has 0 radical (unpaired) electrons. The molecule has 1 heterocycles. The molecule has 11 heteroatoms. The number of carboxylic acid groups (broad SMARTS) is 1. The van der Waals surface area contributed by atoms with E-state index in [9.17, 15) is 23.5 Å². The predicted molar refractivity (Wildman–Crippen MR) is 150 cm³/mol. The Kier molecular flexibility index (Phi) is 7.91. The van der Waals surface area contributed by atoms with E-state index < -0.39 is 35.6 Å². The second-order valence-corrected chi connectivity index (χ2v) is 9.24. The third kappa shape index (κ3) is 5.94. The number of nitrogens with one attached hydrogen (secondary N) is 1. The summed E-state index contributed by atoms with van der Waals surface area (Å²) in [5.41, 5.74) is 2.28. The average molecular weight is 571 g/mol. The van der Waals surface area contributed by atoms with Gasteiger partial charge in [-0.2, -0.15) is 0 Å². The summed E-state index contributed by atoms with van der Waals surface area (Å²) in [5, 5.41) is 20.1. The van der Waals surface area contributed by atoms with Crippen molar-refractivity contribution in [1.82, 2.24) is 15.0 Å². The van der Waals surface area contributed by atoms with Crippen LogP contribution in [0.4, 0.5) is 19.4 Å². The minimum atomic E-state index is -1.29. The summed E-state index contributed by atoms with van der Waals surface area (Å²) in [6.45, 7) is 1.76. The van der Waals surface area contributed by atoms with Crippen molar-refractivity contribution in [2.24, 2.45) is 7.05 Å². The number of benzene rings is 4. The minimum absolute atomic E-state index is 0.188. The molecule has 42 heavy (non-hydrogen) atoms. The molecule has 2 N–H and O–H groups in total. The van der Waals surface area contributed by atoms with Crippen molar-refractivity contribution in [3.63, 3.8) is 0 Å². The van der Waals surface area contributed by atoms with Crippen molar-refractivity contribution in [1.29, 1.82) is 0 Å². The number of aryl methyl sites for hydroxylation is 1. The fourth-order valence-electron chi connectivity index (χ4n) is 4.26. The van der Waals surface area contributed by atoms with Crippen LogP contribution in [0.15, 0.2) is 91.0 Å². The lowest BCUT2D eigenvalue weighted by Crippen LogP contribution is -2.18. The zero-order chi connectivity index (χ0) is 29.8. The highest BCUT2D eigenvalue weighted by Crippen LogP contribution is 2.35. The lowest BCUT2D eigenvalue weighted by Gasteiger charge is -2.14. The van der Waals surface area contributed by atoms with E-state index >= 15 is 0 Å². The predicted octanol–water partition coefficient (Wildman–Crippen LogP) is 7.23. The fourth-order valence-corrected chi connectivity index (χ4v) is 4.26. The van der Waals surface area contributed by atoms with Gasteiger partial charge in [-0.05, 0) is 47.9 Å². The Bertz CT molecular complexity index is 1730. The van der Waals surface area contributed by atoms with E-state index in [-0.39, 0.29) is 16.9 Å². The van der Waals surface area contributed by atoms with E-state index in [2.05, 4.69) is 15.6 Å². The van der Waals surface area contributed by atoms with Crippen LogP contribution in [0.3, 0.4) is 0 Å². The second-order valence-electron chi connectivity index (χ2n) is 9.24. The number of carboxylic acids is 1. The number of para-hydroxylation sites is 1. The summed E-state index contributed by atoms with van der Waals surface area (Å²) in [5.74, 6) is -3.90. The third-order valence-corrected chi connectivity index (χ3v) is 6.42. The van der Waals surface area contributed by atoms with E-state index in [1.54, 1.807) is 38.2 Å². The van der Waals surface area contributed by atoms with Crippen LogP contribution in [0.2, 0.25) is 0 Å². The SMILES string of the molecule is CC(OC(=O)Nc1c(-c2ccc(-c3cc(F)c(Oc4ccccc4C(=O)O)c(F)c3)cc2)nnn1C)c1ccccc1. The van der Waals surface area contributed by atoms with Crippen molar-refractivity contribution in [3.8, 4) is 33.9 Å². The molecule has 5 aromatic rings. The molecule has 0 saturated heterocycles. The van der Waals surface area contributed by atoms with Crippen LogP contribution < -0.4 is 10.1 Å². The largest absolute Gasteiger partial charge is 0.478 e. The van der Waals surface area contributed by atoms with Gasteiger partial charge in [-0.15, -0.1) is 5.10 Å². The molecule has 1 amide bonds. The summed E-state index contributed by atoms with van der Waals surface area (Å²) in [4.78, 5) is 24.0. The number of aromatic carboxylic acids is 1. The number of hydrogen-bond donors (Lipinski definition) is 2. The molecule has 0 saturated carbocycles. The molecule has 4 aromatic carbocycles. The van der Waals surface area contributed by atoms with Crippen molar-refractivity contribution in [2.75, 3.05) is 5.32 Å². The number of carbonyl (C=O) groups is 2. The van der Waals surface area contributed by atoms with Gasteiger partial charge in [0.15, 0.2) is 23.2 Å². The van der Waals surface area contributed by atoms with Crippen molar-refractivity contribution < 1.29 is 33.0 Å². The molecule has 0 aliphatic heterocycles. The number of nitrogens with zero attached hydrogens (tertiary/aromatic N) is 3. The molecule has 5 rings (SSSR count). The lowest BCUT2D eigenvalue weighted by atomic mass is 10.0. The molecular formula is C31H24F2N4O5. The number of carbonyl (C=O) groups excluding carboxylic acids is 1. The summed E-state index contributed by atoms with van der Waals surface area (Å²) in [6.07, 6.45) is -1.17. The zero-order valence-electron chi connectivity index (χ0n) is 22.4. The van der Waals surface area contributed by atoms with Crippen LogP contribution in [-0.2, 0) is 11.8 Å². The highest BCUT2D eigenvalue weighted by molar-refractivity contribution is 5.91. The average Bonchev–Trinajstić information content (AvgIpc) is 3.34. The quantitative estimate of drug-likeness (QED) is 0.202. The first kappa shape index (κ1) is 28.0. The molecule has 0 fully saturated rings. The van der Waals surface area contributed by atoms with Crippen LogP contribution in [0.1, 0.15) is 28.9 Å². The fraction of sp³-hybridized carbons (Fsp3) is 0.0968. The summed E-state index contributed by atoms with van der Waals surface area (Å²) >= 11 is 0. The van der Waals surface area contributed by atoms with Crippen LogP contribution in [0.5, 0.6) is 11.5 Å². The molecule has 0 aliphatic carbocycles. The monoisotopic (exact) mass is 570 g/mol. The topological polar surface area (TPSA) is 116 Å². The van der Waals surface area contributed by atoms with E-state index in [0.29, 0.717) is 22.6 Å². The van der Waals surface area contributed by atoms with Gasteiger partial charge in [0.2, 0.25) is 0 Å². The van der Waals surface area contributed by atoms with Gasteiger partial charge in [-0.3, -0.25) is 5.32 Å². The molecule has 1 unspecified atom stereocenters. The number of ether oxygens (including phenoxy) is 2. The Labute approximate surface area is 239 Å². The molecule has 1 aromatic heterocycles. The van der Waals surface area contributed by atoms with Crippen LogP contribution in [0, 0.1) is 11.6 Å². The molecule has 212 valence electrons. The Balaban J connectivity index is 1.34. The standard InChI is InChI=1S/C31H24F2N4O5/c1-18(19-8-4-3-5-9-19)41-31(40)34-29-27(35-36-37(29)2)21-14-12-20(13-15-21)22-16-24(32)28(25(33)17-22)42-26-11-7-6-10-23(26)30(38)39/h3-18H,1-2H3,(H,34,40)(H,38,39). The summed E-state index contributed by atoms with van der Waals surface area (Å²) in [6, 6.07) is 23.7. The first-order valence-electron chi connectivity index (χ1n) is 12.7. The number of aromatic nitrogens is 3. The number of anilines is 1. The van der Waals surface area contributed by atoms with Gasteiger partial charge >= 0.3 is 12.1 Å². The smallest absolute Gasteiger partial charge is 0.413 e. The van der Waals surface area contributed by atoms with Gasteiger partial charge in [-0.1, -0.05) is 71.9 Å². The summed E-state index contributed by atoms with van der Waals surface area (Å²) in [7, 11) is 1.62. The lowest BCUT2D eigenvalue weighted by molar-refractivity contribution is 0.0693. The molecule has 9 nitrogen and oxygen atoms in total. The second kappa shape index (κ2) is 11.9. The van der Waals surface area contributed by atoms with Gasteiger partial charge in [0, 0.05) is 12.6 Å². The Morgan fingerprint density at radius 1 is 0.881 bits per heavy atom. The minimum Gasteiger partial charge on any atom is -0.478 e. The Hall–Kier alpha value is -5.58. The molecular weight excluding hydrogens is 546 g/mol. The van der Waals surface area contributed by atoms with Crippen molar-refractivity contribution in [2.45, 2.75) is 13.0 Å². The van der Waals surface area contributed by atoms with Gasteiger partial charge in [0.25, 0.3) is 0 Å². The maximum atomic E-state index is 14.9. The van der Waals surface area contributed by atoms with Crippen LogP contribution in [0.25, 0.3) is 22.4 Å². The van der Waals surface area contributed by atoms with Crippen LogP contribution >= 0.6 is 0 Å². The molecule has 0 bridgehead atoms. The Morgan fingerprint density at radius 2 is 1.50 bits per heavy atom. The normalized spacial score (nSPS) is 11.5. The highest BCUT2D eigenvalue weighted by atomic mass is 19.1. The summed E-state index contributed by atoms with van der Waals surface area (Å²) < 4.78 is 42.1. The van der Waals surface area contributed by atoms with E-state index in [1.807, 2.05) is 30.3 Å². The first-order chi connectivity index (χ1) is 20.2. The van der Waals surface area contributed by atoms with E-state index in [1.165, 1.54) is 28.9 Å². The highest BCUT2D eigenvalue weighted by Gasteiger charge is 2.20. The maximum absolute atomic E-state index is 14.9. The van der Waals surface area contributed by atoms with Crippen molar-refractivity contribution in [3.05, 3.63) is 114 Å². The van der Waals surface area contributed by atoms with Gasteiger partial charge in [-0.25, -0.2) is 23.1 Å². The molecule has 1 atom stereocenters. The third-order valence-electron chi connectivity index (χ3n) is 6.42. The van der Waals surface area contributed by atoms with Gasteiger partial charge in [0.1, 0.15) is 23.1 Å². The Morgan fingerprint density at radius 3 is 2.17 bits per heavy atom. The molecule has 0 spiro atoms. The van der Waals surface area contributed by atoms with E-state index in [4.69, 9.17) is 9.47 Å². The zero-order valence-corrected chi connectivity index (χ0v) is 22.4. The van der Waals surface area contributed by atoms with Gasteiger partial charge < -0.3 is 14.6 Å². The number of amides is 1. The number of halogens is 2. The molecule has 0 aliphatic rings. The van der Waals surface area contributed by atoms with E-state index in [0.717, 1.165) is 17.7 Å². The maximum Gasteiger partial charge on any atom is 0.413 e. The van der Waals surface area contributed by atoms with Gasteiger partial charge in [0.05, 0.1) is 0 Å². The van der Waals surface area contributed by atoms with Crippen molar-refractivity contribution >= 4 is 17.9 Å².